The van der Waals surface area contributed by atoms with E-state index in [1.807, 2.05) is 0 Å². The molecule has 8 rings (SSSR count). The molecule has 0 aromatic heterocycles. The van der Waals surface area contributed by atoms with Crippen LogP contribution in [0.1, 0.15) is 0 Å². The summed E-state index contributed by atoms with van der Waals surface area (Å²) in [6, 6.07) is 74.2. The highest BCUT2D eigenvalue weighted by Gasteiger charge is 2.21. The quantitative estimate of drug-likeness (QED) is 0.155. The van der Waals surface area contributed by atoms with Gasteiger partial charge in [-0.25, -0.2) is 0 Å². The molecule has 0 radical (unpaired) electrons. The summed E-state index contributed by atoms with van der Waals surface area (Å²) >= 11 is 0. The summed E-state index contributed by atoms with van der Waals surface area (Å²) in [5, 5.41) is 2.46. The van der Waals surface area contributed by atoms with Crippen molar-refractivity contribution in [2.24, 2.45) is 0 Å². The molecule has 0 saturated heterocycles. The number of nitrogens with zero attached hydrogens (tertiary/aromatic N) is 1. The van der Waals surface area contributed by atoms with Gasteiger partial charge in [0.15, 0.2) is 0 Å². The van der Waals surface area contributed by atoms with Gasteiger partial charge in [-0.05, 0) is 58.0 Å². The zero-order chi connectivity index (χ0) is 32.1. The Morgan fingerprint density at radius 1 is 0.292 bits per heavy atom. The smallest absolute Gasteiger partial charge is 0.241 e. The number of para-hydroxylation sites is 1. The molecule has 0 amide bonds. The SMILES string of the molecule is c1ccc(B(c2ccccc2)c2ccc(-c3ccc(-c4ccc(N(c5ccccc5)c5cccc6ccccc56)cc4)cc3)cc2)cc1. The van der Waals surface area contributed by atoms with Crippen LogP contribution in [0, 0.1) is 0 Å². The lowest BCUT2D eigenvalue weighted by atomic mass is 9.37. The second-order valence-corrected chi connectivity index (χ2v) is 12.2. The van der Waals surface area contributed by atoms with Crippen LogP contribution in [-0.4, -0.2) is 6.71 Å². The Morgan fingerprint density at radius 2 is 0.688 bits per heavy atom. The minimum Gasteiger partial charge on any atom is -0.310 e. The maximum absolute atomic E-state index is 2.35. The molecule has 0 atom stereocenters. The highest BCUT2D eigenvalue weighted by molar-refractivity contribution is 6.95. The van der Waals surface area contributed by atoms with Crippen molar-refractivity contribution in [3.63, 3.8) is 0 Å². The molecular weight excluding hydrogens is 577 g/mol. The lowest BCUT2D eigenvalue weighted by Gasteiger charge is -2.27. The van der Waals surface area contributed by atoms with Crippen molar-refractivity contribution in [3.05, 3.63) is 206 Å². The molecular formula is C46H34BN. The summed E-state index contributed by atoms with van der Waals surface area (Å²) in [7, 11) is 0. The number of benzene rings is 8. The molecule has 226 valence electrons. The minimum atomic E-state index is 0.199. The van der Waals surface area contributed by atoms with E-state index >= 15 is 0 Å². The second kappa shape index (κ2) is 13.3. The Hall–Kier alpha value is -6.12. The number of anilines is 3. The highest BCUT2D eigenvalue weighted by atomic mass is 15.1. The maximum Gasteiger partial charge on any atom is 0.241 e. The first-order chi connectivity index (χ1) is 23.8. The molecule has 48 heavy (non-hydrogen) atoms. The van der Waals surface area contributed by atoms with Crippen LogP contribution in [0.15, 0.2) is 206 Å². The summed E-state index contributed by atoms with van der Waals surface area (Å²) in [6.45, 7) is 0.199. The van der Waals surface area contributed by atoms with Crippen LogP contribution < -0.4 is 21.3 Å². The monoisotopic (exact) mass is 611 g/mol. The van der Waals surface area contributed by atoms with E-state index < -0.39 is 0 Å². The van der Waals surface area contributed by atoms with E-state index in [4.69, 9.17) is 0 Å². The van der Waals surface area contributed by atoms with Gasteiger partial charge < -0.3 is 4.90 Å². The first kappa shape index (κ1) is 29.3. The van der Waals surface area contributed by atoms with Crippen molar-refractivity contribution in [3.8, 4) is 22.3 Å². The van der Waals surface area contributed by atoms with Gasteiger partial charge in [0.05, 0.1) is 5.69 Å². The van der Waals surface area contributed by atoms with Crippen molar-refractivity contribution in [2.75, 3.05) is 4.90 Å². The van der Waals surface area contributed by atoms with E-state index in [-0.39, 0.29) is 6.71 Å². The third kappa shape index (κ3) is 5.93. The Kier molecular flexibility index (Phi) is 8.13. The normalized spacial score (nSPS) is 10.9. The van der Waals surface area contributed by atoms with E-state index in [0.29, 0.717) is 0 Å². The van der Waals surface area contributed by atoms with Crippen LogP contribution >= 0.6 is 0 Å². The number of fused-ring (bicyclic) bond motifs is 1. The molecule has 0 aliphatic rings. The number of rotatable bonds is 8. The fourth-order valence-corrected chi connectivity index (χ4v) is 6.80. The summed E-state index contributed by atoms with van der Waals surface area (Å²) in [4.78, 5) is 2.35. The first-order valence-electron chi connectivity index (χ1n) is 16.6. The topological polar surface area (TPSA) is 3.24 Å². The highest BCUT2D eigenvalue weighted by Crippen LogP contribution is 2.39. The van der Waals surface area contributed by atoms with Crippen LogP contribution in [0.2, 0.25) is 0 Å². The van der Waals surface area contributed by atoms with Gasteiger partial charge in [-0.2, -0.15) is 0 Å². The van der Waals surface area contributed by atoms with Gasteiger partial charge in [-0.15, -0.1) is 0 Å². The molecule has 8 aromatic rings. The van der Waals surface area contributed by atoms with Gasteiger partial charge in [-0.3, -0.25) is 0 Å². The molecule has 0 bridgehead atoms. The van der Waals surface area contributed by atoms with E-state index in [0.717, 1.165) is 11.4 Å². The summed E-state index contributed by atoms with van der Waals surface area (Å²) in [5.74, 6) is 0. The zero-order valence-electron chi connectivity index (χ0n) is 26.7. The molecule has 1 nitrogen and oxygen atoms in total. The largest absolute Gasteiger partial charge is 0.310 e. The minimum absolute atomic E-state index is 0.199. The van der Waals surface area contributed by atoms with E-state index in [2.05, 4.69) is 211 Å². The third-order valence-corrected chi connectivity index (χ3v) is 9.21. The van der Waals surface area contributed by atoms with Gasteiger partial charge >= 0.3 is 0 Å². The van der Waals surface area contributed by atoms with Crippen LogP contribution in [0.25, 0.3) is 33.0 Å². The van der Waals surface area contributed by atoms with Gasteiger partial charge in [0.2, 0.25) is 6.71 Å². The lowest BCUT2D eigenvalue weighted by molar-refractivity contribution is 1.30. The van der Waals surface area contributed by atoms with Gasteiger partial charge in [0, 0.05) is 16.8 Å². The lowest BCUT2D eigenvalue weighted by Crippen LogP contribution is -2.51. The van der Waals surface area contributed by atoms with Gasteiger partial charge in [0.25, 0.3) is 0 Å². The Morgan fingerprint density at radius 3 is 1.25 bits per heavy atom. The van der Waals surface area contributed by atoms with Crippen LogP contribution in [-0.2, 0) is 0 Å². The van der Waals surface area contributed by atoms with Crippen molar-refractivity contribution in [1.29, 1.82) is 0 Å². The molecule has 0 heterocycles. The Labute approximate surface area is 283 Å². The standard InChI is InChI=1S/C46H34BN/c1-4-15-40(16-5-1)47(41-17-6-2-7-18-41)42-31-27-37(28-32-42)35-23-25-36(26-24-35)38-29-33-44(34-30-38)48(43-19-8-3-9-20-43)46-22-12-14-39-13-10-11-21-45(39)46/h1-34H. The van der Waals surface area contributed by atoms with E-state index in [1.54, 1.807) is 0 Å². The van der Waals surface area contributed by atoms with Crippen molar-refractivity contribution in [1.82, 2.24) is 0 Å². The average molecular weight is 612 g/mol. The first-order valence-corrected chi connectivity index (χ1v) is 16.6. The third-order valence-electron chi connectivity index (χ3n) is 9.21. The van der Waals surface area contributed by atoms with Gasteiger partial charge in [0.1, 0.15) is 0 Å². The molecule has 8 aromatic carbocycles. The molecule has 0 unspecified atom stereocenters. The zero-order valence-corrected chi connectivity index (χ0v) is 26.7. The maximum atomic E-state index is 2.35. The number of hydrogen-bond donors (Lipinski definition) is 0. The molecule has 0 aliphatic heterocycles. The predicted octanol–water partition coefficient (Wildman–Crippen LogP) is 10.2. The van der Waals surface area contributed by atoms with Gasteiger partial charge in [-0.1, -0.05) is 192 Å². The predicted molar refractivity (Wildman–Crippen MR) is 207 cm³/mol. The van der Waals surface area contributed by atoms with Crippen molar-refractivity contribution >= 4 is 50.9 Å². The van der Waals surface area contributed by atoms with Crippen LogP contribution in [0.3, 0.4) is 0 Å². The fourth-order valence-electron chi connectivity index (χ4n) is 6.80. The second-order valence-electron chi connectivity index (χ2n) is 12.2. The Balaban J connectivity index is 1.06. The summed E-state index contributed by atoms with van der Waals surface area (Å²) in [6.07, 6.45) is 0. The van der Waals surface area contributed by atoms with E-state index in [9.17, 15) is 0 Å². The molecule has 0 saturated carbocycles. The average Bonchev–Trinajstić information content (AvgIpc) is 3.17. The van der Waals surface area contributed by atoms with Crippen molar-refractivity contribution in [2.45, 2.75) is 0 Å². The van der Waals surface area contributed by atoms with Crippen molar-refractivity contribution < 1.29 is 0 Å². The van der Waals surface area contributed by atoms with Crippen LogP contribution in [0.5, 0.6) is 0 Å². The summed E-state index contributed by atoms with van der Waals surface area (Å²) < 4.78 is 0. The molecule has 0 aliphatic carbocycles. The molecule has 0 fully saturated rings. The van der Waals surface area contributed by atoms with Crippen LogP contribution in [0.4, 0.5) is 17.1 Å². The molecule has 0 N–H and O–H groups in total. The fraction of sp³-hybridized carbons (Fsp3) is 0. The Bertz CT molecular complexity index is 2200. The summed E-state index contributed by atoms with van der Waals surface area (Å²) in [5.41, 5.74) is 12.1. The molecule has 0 spiro atoms. The van der Waals surface area contributed by atoms with E-state index in [1.165, 1.54) is 55.1 Å². The molecule has 2 heteroatoms. The number of hydrogen-bond acceptors (Lipinski definition) is 1.